The predicted octanol–water partition coefficient (Wildman–Crippen LogP) is 1.97. The summed E-state index contributed by atoms with van der Waals surface area (Å²) in [6.45, 7) is 2.65. The molecule has 5 N–H and O–H groups in total. The van der Waals surface area contributed by atoms with Gasteiger partial charge in [0.15, 0.2) is 0 Å². The number of aromatic amines is 1. The van der Waals surface area contributed by atoms with Crippen molar-refractivity contribution in [2.75, 3.05) is 18.1 Å². The molecule has 0 aromatic carbocycles. The van der Waals surface area contributed by atoms with Crippen molar-refractivity contribution in [3.63, 3.8) is 0 Å². The van der Waals surface area contributed by atoms with E-state index in [1.807, 2.05) is 13.1 Å². The van der Waals surface area contributed by atoms with Crippen molar-refractivity contribution in [2.24, 2.45) is 0 Å². The summed E-state index contributed by atoms with van der Waals surface area (Å²) < 4.78 is 5.79. The van der Waals surface area contributed by atoms with Crippen LogP contribution < -0.4 is 16.2 Å². The van der Waals surface area contributed by atoms with Crippen molar-refractivity contribution < 1.29 is 4.74 Å². The molecular formula is C14H16N6O. The number of ether oxygens (including phenoxy) is 1. The SMILES string of the molecule is CCCOc1cc(N)nc2[nH]cc(-c3ccnc(N)n3)c12. The molecule has 0 fully saturated rings. The summed E-state index contributed by atoms with van der Waals surface area (Å²) in [5.74, 6) is 1.32. The fourth-order valence-corrected chi connectivity index (χ4v) is 2.17. The van der Waals surface area contributed by atoms with Gasteiger partial charge in [-0.25, -0.2) is 15.0 Å². The van der Waals surface area contributed by atoms with Crippen LogP contribution in [-0.4, -0.2) is 26.5 Å². The molecule has 7 nitrogen and oxygen atoms in total. The molecule has 0 atom stereocenters. The molecule has 0 bridgehead atoms. The van der Waals surface area contributed by atoms with E-state index in [1.165, 1.54) is 0 Å². The third-order valence-corrected chi connectivity index (χ3v) is 3.04. The van der Waals surface area contributed by atoms with Gasteiger partial charge >= 0.3 is 0 Å². The minimum absolute atomic E-state index is 0.223. The zero-order chi connectivity index (χ0) is 14.8. The Balaban J connectivity index is 2.19. The second-order valence-electron chi connectivity index (χ2n) is 4.62. The monoisotopic (exact) mass is 284 g/mol. The number of hydrogen-bond acceptors (Lipinski definition) is 6. The molecule has 3 heterocycles. The first kappa shape index (κ1) is 13.2. The molecule has 3 rings (SSSR count). The Hall–Kier alpha value is -2.83. The van der Waals surface area contributed by atoms with Crippen LogP contribution in [0.5, 0.6) is 5.75 Å². The quantitative estimate of drug-likeness (QED) is 0.674. The summed E-state index contributed by atoms with van der Waals surface area (Å²) >= 11 is 0. The zero-order valence-electron chi connectivity index (χ0n) is 11.6. The highest BCUT2D eigenvalue weighted by Crippen LogP contribution is 2.35. The summed E-state index contributed by atoms with van der Waals surface area (Å²) in [5.41, 5.74) is 13.7. The molecule has 3 aromatic heterocycles. The average molecular weight is 284 g/mol. The average Bonchev–Trinajstić information content (AvgIpc) is 2.88. The van der Waals surface area contributed by atoms with Gasteiger partial charge in [-0.2, -0.15) is 0 Å². The fourth-order valence-electron chi connectivity index (χ4n) is 2.17. The Morgan fingerprint density at radius 1 is 1.29 bits per heavy atom. The number of aromatic nitrogens is 4. The minimum Gasteiger partial charge on any atom is -0.493 e. The number of rotatable bonds is 4. The molecule has 7 heteroatoms. The molecule has 0 aliphatic rings. The van der Waals surface area contributed by atoms with Gasteiger partial charge < -0.3 is 21.2 Å². The van der Waals surface area contributed by atoms with E-state index in [1.54, 1.807) is 18.3 Å². The largest absolute Gasteiger partial charge is 0.493 e. The number of hydrogen-bond donors (Lipinski definition) is 3. The first-order chi connectivity index (χ1) is 10.2. The fraction of sp³-hybridized carbons (Fsp3) is 0.214. The highest BCUT2D eigenvalue weighted by molar-refractivity contribution is 5.98. The molecule has 0 saturated heterocycles. The molecule has 108 valence electrons. The van der Waals surface area contributed by atoms with Crippen LogP contribution in [0.2, 0.25) is 0 Å². The molecule has 0 unspecified atom stereocenters. The van der Waals surface area contributed by atoms with Crippen LogP contribution in [-0.2, 0) is 0 Å². The van der Waals surface area contributed by atoms with Crippen molar-refractivity contribution in [1.29, 1.82) is 0 Å². The second kappa shape index (κ2) is 5.28. The summed E-state index contributed by atoms with van der Waals surface area (Å²) in [6, 6.07) is 3.51. The van der Waals surface area contributed by atoms with Gasteiger partial charge in [0.2, 0.25) is 5.95 Å². The lowest BCUT2D eigenvalue weighted by Gasteiger charge is -2.08. The van der Waals surface area contributed by atoms with E-state index in [0.29, 0.717) is 29.5 Å². The predicted molar refractivity (Wildman–Crippen MR) is 81.7 cm³/mol. The van der Waals surface area contributed by atoms with Gasteiger partial charge in [0.25, 0.3) is 0 Å². The van der Waals surface area contributed by atoms with Crippen molar-refractivity contribution in [3.05, 3.63) is 24.5 Å². The Kier molecular flexibility index (Phi) is 3.31. The topological polar surface area (TPSA) is 116 Å². The molecule has 0 radical (unpaired) electrons. The van der Waals surface area contributed by atoms with Gasteiger partial charge in [0, 0.05) is 24.0 Å². The van der Waals surface area contributed by atoms with Crippen LogP contribution in [0.15, 0.2) is 24.5 Å². The molecular weight excluding hydrogens is 268 g/mol. The Morgan fingerprint density at radius 2 is 2.14 bits per heavy atom. The van der Waals surface area contributed by atoms with Gasteiger partial charge in [-0.3, -0.25) is 0 Å². The lowest BCUT2D eigenvalue weighted by Crippen LogP contribution is -1.99. The van der Waals surface area contributed by atoms with E-state index in [0.717, 1.165) is 17.4 Å². The molecule has 3 aromatic rings. The van der Waals surface area contributed by atoms with Gasteiger partial charge in [-0.1, -0.05) is 6.92 Å². The van der Waals surface area contributed by atoms with E-state index in [4.69, 9.17) is 16.2 Å². The highest BCUT2D eigenvalue weighted by atomic mass is 16.5. The Bertz CT molecular complexity index is 782. The van der Waals surface area contributed by atoms with Gasteiger partial charge in [-0.05, 0) is 12.5 Å². The van der Waals surface area contributed by atoms with Crippen LogP contribution in [0, 0.1) is 0 Å². The lowest BCUT2D eigenvalue weighted by molar-refractivity contribution is 0.321. The van der Waals surface area contributed by atoms with Crippen LogP contribution in [0.3, 0.4) is 0 Å². The number of nitrogens with two attached hydrogens (primary N) is 2. The van der Waals surface area contributed by atoms with Crippen molar-refractivity contribution in [3.8, 4) is 17.0 Å². The smallest absolute Gasteiger partial charge is 0.220 e. The first-order valence-electron chi connectivity index (χ1n) is 6.68. The number of anilines is 2. The highest BCUT2D eigenvalue weighted by Gasteiger charge is 2.15. The maximum absolute atomic E-state index is 5.81. The molecule has 0 saturated carbocycles. The number of fused-ring (bicyclic) bond motifs is 1. The number of nitrogen functional groups attached to an aromatic ring is 2. The zero-order valence-corrected chi connectivity index (χ0v) is 11.6. The third kappa shape index (κ3) is 2.45. The number of nitrogens with one attached hydrogen (secondary N) is 1. The van der Waals surface area contributed by atoms with Crippen LogP contribution in [0.1, 0.15) is 13.3 Å². The van der Waals surface area contributed by atoms with E-state index >= 15 is 0 Å². The summed E-state index contributed by atoms with van der Waals surface area (Å²) in [4.78, 5) is 15.5. The second-order valence-corrected chi connectivity index (χ2v) is 4.62. The first-order valence-corrected chi connectivity index (χ1v) is 6.68. The Labute approximate surface area is 121 Å². The van der Waals surface area contributed by atoms with Crippen LogP contribution in [0.25, 0.3) is 22.3 Å². The lowest BCUT2D eigenvalue weighted by atomic mass is 10.1. The van der Waals surface area contributed by atoms with Crippen molar-refractivity contribution >= 4 is 22.8 Å². The van der Waals surface area contributed by atoms with Gasteiger partial charge in [0.05, 0.1) is 17.7 Å². The maximum atomic E-state index is 5.81. The van der Waals surface area contributed by atoms with Crippen LogP contribution in [0.4, 0.5) is 11.8 Å². The van der Waals surface area contributed by atoms with Gasteiger partial charge in [-0.15, -0.1) is 0 Å². The van der Waals surface area contributed by atoms with E-state index in [9.17, 15) is 0 Å². The standard InChI is InChI=1S/C14H16N6O/c1-2-5-21-10-6-11(15)20-13-12(10)8(7-18-13)9-3-4-17-14(16)19-9/h3-4,6-7H,2,5H2,1H3,(H3,15,18,20)(H2,16,17,19). The summed E-state index contributed by atoms with van der Waals surface area (Å²) in [6.07, 6.45) is 4.34. The molecule has 21 heavy (non-hydrogen) atoms. The number of nitrogens with zero attached hydrogens (tertiary/aromatic N) is 3. The number of H-pyrrole nitrogens is 1. The van der Waals surface area contributed by atoms with Crippen LogP contribution >= 0.6 is 0 Å². The molecule has 0 spiro atoms. The van der Waals surface area contributed by atoms with Gasteiger partial charge in [0.1, 0.15) is 17.2 Å². The third-order valence-electron chi connectivity index (χ3n) is 3.04. The molecule has 0 aliphatic carbocycles. The Morgan fingerprint density at radius 3 is 2.90 bits per heavy atom. The summed E-state index contributed by atoms with van der Waals surface area (Å²) in [7, 11) is 0. The summed E-state index contributed by atoms with van der Waals surface area (Å²) in [5, 5.41) is 0.843. The molecule has 0 amide bonds. The van der Waals surface area contributed by atoms with E-state index in [2.05, 4.69) is 19.9 Å². The minimum atomic E-state index is 0.223. The van der Waals surface area contributed by atoms with Crippen molar-refractivity contribution in [2.45, 2.75) is 13.3 Å². The van der Waals surface area contributed by atoms with E-state index < -0.39 is 0 Å². The normalized spacial score (nSPS) is 10.9. The van der Waals surface area contributed by atoms with Crippen molar-refractivity contribution in [1.82, 2.24) is 19.9 Å². The van der Waals surface area contributed by atoms with E-state index in [-0.39, 0.29) is 5.95 Å². The molecule has 0 aliphatic heterocycles. The maximum Gasteiger partial charge on any atom is 0.220 e. The number of pyridine rings is 1.